The van der Waals surface area contributed by atoms with E-state index in [1.165, 1.54) is 0 Å². The summed E-state index contributed by atoms with van der Waals surface area (Å²) < 4.78 is 11.1. The number of pyridine rings is 1. The maximum atomic E-state index is 12.9. The van der Waals surface area contributed by atoms with Crippen molar-refractivity contribution in [3.8, 4) is 17.0 Å². The molecule has 1 aliphatic carbocycles. The summed E-state index contributed by atoms with van der Waals surface area (Å²) in [5.74, 6) is 0.425. The number of hydrogen-bond donors (Lipinski definition) is 3. The molecule has 0 bridgehead atoms. The Kier molecular flexibility index (Phi) is 9.63. The number of ether oxygens (including phenoxy) is 2. The van der Waals surface area contributed by atoms with E-state index in [1.54, 1.807) is 13.2 Å². The Hall–Kier alpha value is -3.81. The van der Waals surface area contributed by atoms with Crippen molar-refractivity contribution in [1.82, 2.24) is 10.3 Å². The summed E-state index contributed by atoms with van der Waals surface area (Å²) in [7, 11) is 1.63. The van der Waals surface area contributed by atoms with Crippen molar-refractivity contribution < 1.29 is 19.1 Å². The van der Waals surface area contributed by atoms with Gasteiger partial charge in [-0.25, -0.2) is 4.79 Å². The second-order valence-corrected chi connectivity index (χ2v) is 10.6. The first-order valence-corrected chi connectivity index (χ1v) is 13.9. The number of hydrogen-bond acceptors (Lipinski definition) is 5. The highest BCUT2D eigenvalue weighted by Crippen LogP contribution is 2.28. The van der Waals surface area contributed by atoms with Crippen LogP contribution in [0.5, 0.6) is 5.75 Å². The molecule has 0 radical (unpaired) electrons. The maximum absolute atomic E-state index is 12.9. The van der Waals surface area contributed by atoms with Crippen molar-refractivity contribution in [1.29, 1.82) is 0 Å². The number of carbonyl (C=O) groups excluding carboxylic acids is 2. The smallest absolute Gasteiger partial charge is 0.407 e. The number of aromatic nitrogens is 1. The first-order valence-electron chi connectivity index (χ1n) is 13.9. The number of carbonyl (C=O) groups is 2. The molecule has 0 saturated heterocycles. The Labute approximate surface area is 229 Å². The van der Waals surface area contributed by atoms with E-state index in [4.69, 9.17) is 15.2 Å². The summed E-state index contributed by atoms with van der Waals surface area (Å²) in [5, 5.41) is 3.32. The number of fused-ring (bicyclic) bond motifs is 1. The molecule has 1 fully saturated rings. The number of amides is 2. The van der Waals surface area contributed by atoms with Gasteiger partial charge in [-0.2, -0.15) is 0 Å². The van der Waals surface area contributed by atoms with Gasteiger partial charge in [0, 0.05) is 23.2 Å². The third-order valence-corrected chi connectivity index (χ3v) is 7.66. The average Bonchev–Trinajstić information content (AvgIpc) is 2.95. The second kappa shape index (κ2) is 13.3. The molecule has 4 rings (SSSR count). The third kappa shape index (κ3) is 7.40. The normalized spacial score (nSPS) is 15.4. The van der Waals surface area contributed by atoms with Crippen LogP contribution >= 0.6 is 0 Å². The summed E-state index contributed by atoms with van der Waals surface area (Å²) in [6, 6.07) is 14.5. The Bertz CT molecular complexity index is 1330. The number of nitrogens with two attached hydrogens (primary N) is 1. The van der Waals surface area contributed by atoms with Crippen molar-refractivity contribution in [2.45, 2.75) is 64.3 Å². The minimum absolute atomic E-state index is 0.0400. The lowest BCUT2D eigenvalue weighted by molar-refractivity contribution is -0.121. The monoisotopic (exact) mass is 533 g/mol. The maximum Gasteiger partial charge on any atom is 0.407 e. The van der Waals surface area contributed by atoms with Gasteiger partial charge in [0.2, 0.25) is 5.91 Å². The van der Waals surface area contributed by atoms with E-state index in [1.807, 2.05) is 49.4 Å². The van der Waals surface area contributed by atoms with Crippen LogP contribution in [-0.2, 0) is 16.0 Å². The van der Waals surface area contributed by atoms with Gasteiger partial charge in [-0.15, -0.1) is 0 Å². The predicted octanol–water partition coefficient (Wildman–Crippen LogP) is 5.32. The van der Waals surface area contributed by atoms with Crippen LogP contribution in [0.3, 0.4) is 0 Å². The highest BCUT2D eigenvalue weighted by Gasteiger charge is 2.29. The van der Waals surface area contributed by atoms with Crippen molar-refractivity contribution in [3.63, 3.8) is 0 Å². The first-order chi connectivity index (χ1) is 18.9. The molecule has 1 aromatic heterocycles. The fraction of sp³-hybridized carbons (Fsp3) is 0.452. The van der Waals surface area contributed by atoms with Crippen molar-refractivity contribution in [2.75, 3.05) is 13.7 Å². The molecule has 208 valence electrons. The van der Waals surface area contributed by atoms with Gasteiger partial charge < -0.3 is 25.5 Å². The predicted molar refractivity (Wildman–Crippen MR) is 153 cm³/mol. The van der Waals surface area contributed by atoms with E-state index in [0.717, 1.165) is 79.5 Å². The molecule has 0 spiro atoms. The molecule has 1 unspecified atom stereocenters. The third-order valence-electron chi connectivity index (χ3n) is 7.66. The van der Waals surface area contributed by atoms with Crippen molar-refractivity contribution in [3.05, 3.63) is 64.3 Å². The number of nitrogens with one attached hydrogen (secondary N) is 2. The van der Waals surface area contributed by atoms with Gasteiger partial charge in [0.15, 0.2) is 5.43 Å². The van der Waals surface area contributed by atoms with Crippen LogP contribution in [0.25, 0.3) is 22.2 Å². The molecule has 1 aliphatic rings. The van der Waals surface area contributed by atoms with E-state index in [-0.39, 0.29) is 23.9 Å². The largest absolute Gasteiger partial charge is 0.496 e. The molecule has 2 atom stereocenters. The zero-order valence-corrected chi connectivity index (χ0v) is 22.8. The fourth-order valence-corrected chi connectivity index (χ4v) is 5.48. The van der Waals surface area contributed by atoms with Gasteiger partial charge in [0.1, 0.15) is 11.8 Å². The minimum atomic E-state index is -0.680. The van der Waals surface area contributed by atoms with Gasteiger partial charge in [0.25, 0.3) is 0 Å². The lowest BCUT2D eigenvalue weighted by Gasteiger charge is -2.28. The van der Waals surface area contributed by atoms with E-state index in [2.05, 4.69) is 10.3 Å². The van der Waals surface area contributed by atoms with E-state index in [0.29, 0.717) is 5.39 Å². The fourth-order valence-electron chi connectivity index (χ4n) is 5.48. The number of benzene rings is 2. The second-order valence-electron chi connectivity index (χ2n) is 10.6. The molecule has 8 heteroatoms. The molecule has 4 N–H and O–H groups in total. The number of aromatic amines is 1. The number of alkyl carbamates (subject to hydrolysis) is 1. The highest BCUT2D eigenvalue weighted by molar-refractivity contribution is 5.85. The SMILES string of the molecule is COc1cc2[nH]c(-c3ccccc3)cc(=O)c2cc1CCCC(C)COC(=O)N[C@H](C(N)=O)C1CCCCC1. The molecule has 0 aliphatic heterocycles. The number of aryl methyl sites for hydroxylation is 1. The molecule has 1 saturated carbocycles. The van der Waals surface area contributed by atoms with Gasteiger partial charge >= 0.3 is 6.09 Å². The Morgan fingerprint density at radius 1 is 1.10 bits per heavy atom. The molecular weight excluding hydrogens is 494 g/mol. The van der Waals surface area contributed by atoms with Gasteiger partial charge in [0.05, 0.1) is 19.2 Å². The van der Waals surface area contributed by atoms with Gasteiger partial charge in [-0.05, 0) is 61.1 Å². The molecule has 3 aromatic rings. The summed E-state index contributed by atoms with van der Waals surface area (Å²) >= 11 is 0. The lowest BCUT2D eigenvalue weighted by Crippen LogP contribution is -2.49. The molecule has 39 heavy (non-hydrogen) atoms. The zero-order valence-electron chi connectivity index (χ0n) is 22.8. The van der Waals surface area contributed by atoms with Crippen LogP contribution in [-0.4, -0.2) is 36.7 Å². The van der Waals surface area contributed by atoms with Crippen molar-refractivity contribution >= 4 is 22.9 Å². The van der Waals surface area contributed by atoms with Crippen LogP contribution in [0.4, 0.5) is 4.79 Å². The van der Waals surface area contributed by atoms with E-state index in [9.17, 15) is 14.4 Å². The van der Waals surface area contributed by atoms with Crippen LogP contribution in [0.2, 0.25) is 0 Å². The summed E-state index contributed by atoms with van der Waals surface area (Å²) in [5.41, 5.74) is 8.92. The number of methoxy groups -OCH3 is 1. The average molecular weight is 534 g/mol. The Morgan fingerprint density at radius 2 is 1.85 bits per heavy atom. The van der Waals surface area contributed by atoms with Crippen LogP contribution in [0, 0.1) is 11.8 Å². The number of rotatable bonds is 11. The molecule has 2 amide bonds. The summed E-state index contributed by atoms with van der Waals surface area (Å²) in [6.45, 7) is 2.27. The highest BCUT2D eigenvalue weighted by atomic mass is 16.5. The van der Waals surface area contributed by atoms with Gasteiger partial charge in [-0.1, -0.05) is 56.5 Å². The van der Waals surface area contributed by atoms with Crippen LogP contribution in [0.15, 0.2) is 53.3 Å². The molecular formula is C31H39N3O5. The number of H-pyrrole nitrogens is 1. The van der Waals surface area contributed by atoms with E-state index >= 15 is 0 Å². The quantitative estimate of drug-likeness (QED) is 0.308. The van der Waals surface area contributed by atoms with Gasteiger partial charge in [-0.3, -0.25) is 9.59 Å². The molecule has 1 heterocycles. The first kappa shape index (κ1) is 28.2. The zero-order chi connectivity index (χ0) is 27.8. The van der Waals surface area contributed by atoms with Crippen LogP contribution in [0.1, 0.15) is 57.4 Å². The molecule has 2 aromatic carbocycles. The Morgan fingerprint density at radius 3 is 2.54 bits per heavy atom. The van der Waals surface area contributed by atoms with Crippen molar-refractivity contribution in [2.24, 2.45) is 17.6 Å². The number of primary amides is 1. The lowest BCUT2D eigenvalue weighted by atomic mass is 9.83. The standard InChI is InChI=1S/C31H39N3O5/c1-20(19-39-31(37)34-29(30(32)36)22-13-7-4-8-14-22)10-9-15-23-16-24-26(18-28(23)38-2)33-25(17-27(24)35)21-11-5-3-6-12-21/h3,5-6,11-12,16-18,20,22,29H,4,7-10,13-15,19H2,1-2H3,(H2,32,36)(H,33,35)(H,34,37)/t20?,29-/m0/s1. The summed E-state index contributed by atoms with van der Waals surface area (Å²) in [4.78, 5) is 40.6. The topological polar surface area (TPSA) is 124 Å². The van der Waals surface area contributed by atoms with Crippen LogP contribution < -0.4 is 21.2 Å². The Balaban J connectivity index is 1.31. The van der Waals surface area contributed by atoms with E-state index < -0.39 is 18.0 Å². The molecule has 8 nitrogen and oxygen atoms in total. The minimum Gasteiger partial charge on any atom is -0.496 e. The summed E-state index contributed by atoms with van der Waals surface area (Å²) in [6.07, 6.45) is 6.81.